The minimum absolute atomic E-state index is 0. The van der Waals surface area contributed by atoms with Crippen molar-refractivity contribution in [1.82, 2.24) is 4.90 Å². The van der Waals surface area contributed by atoms with E-state index in [1.54, 1.807) is 0 Å². The third-order valence-corrected chi connectivity index (χ3v) is 1.41. The molecule has 4 heteroatoms. The molecular formula is C9H18BrNO2. The van der Waals surface area contributed by atoms with E-state index in [2.05, 4.69) is 11.5 Å². The van der Waals surface area contributed by atoms with Gasteiger partial charge in [0.25, 0.3) is 0 Å². The summed E-state index contributed by atoms with van der Waals surface area (Å²) in [5.74, 6) is -0.333. The Morgan fingerprint density at radius 1 is 1.46 bits per heavy atom. The molecule has 0 bridgehead atoms. The van der Waals surface area contributed by atoms with Gasteiger partial charge < -0.3 is 9.64 Å². The van der Waals surface area contributed by atoms with Crippen molar-refractivity contribution in [3.63, 3.8) is 0 Å². The van der Waals surface area contributed by atoms with Gasteiger partial charge in [0.15, 0.2) is 0 Å². The van der Waals surface area contributed by atoms with Crippen molar-refractivity contribution in [2.24, 2.45) is 0 Å². The highest BCUT2D eigenvalue weighted by Gasteiger charge is 1.95. The Morgan fingerprint density at radius 3 is 2.54 bits per heavy atom. The first kappa shape index (κ1) is 15.1. The fraction of sp³-hybridized carbons (Fsp3) is 0.667. The van der Waals surface area contributed by atoms with Crippen molar-refractivity contribution in [2.45, 2.75) is 12.8 Å². The Bertz CT molecular complexity index is 149. The van der Waals surface area contributed by atoms with E-state index >= 15 is 0 Å². The van der Waals surface area contributed by atoms with Gasteiger partial charge in [0.1, 0.15) is 0 Å². The molecule has 0 heterocycles. The molecule has 0 fully saturated rings. The van der Waals surface area contributed by atoms with Gasteiger partial charge >= 0.3 is 5.97 Å². The summed E-state index contributed by atoms with van der Waals surface area (Å²) in [6.45, 7) is 4.84. The highest BCUT2D eigenvalue weighted by atomic mass is 79.9. The zero-order valence-corrected chi connectivity index (χ0v) is 10.00. The minimum Gasteiger partial charge on any atom is -0.463 e. The van der Waals surface area contributed by atoms with Crippen LogP contribution in [0.2, 0.25) is 0 Å². The van der Waals surface area contributed by atoms with E-state index in [9.17, 15) is 4.79 Å². The number of ether oxygens (including phenoxy) is 1. The van der Waals surface area contributed by atoms with Gasteiger partial charge in [-0.05, 0) is 33.5 Å². The molecular weight excluding hydrogens is 234 g/mol. The fourth-order valence-corrected chi connectivity index (χ4v) is 0.762. The zero-order chi connectivity index (χ0) is 9.40. The van der Waals surface area contributed by atoms with Crippen LogP contribution >= 0.6 is 17.0 Å². The molecule has 0 rings (SSSR count). The van der Waals surface area contributed by atoms with Crippen LogP contribution in [0, 0.1) is 0 Å². The van der Waals surface area contributed by atoms with Crippen molar-refractivity contribution in [3.05, 3.63) is 12.7 Å². The molecule has 0 saturated heterocycles. The summed E-state index contributed by atoms with van der Waals surface area (Å²) in [4.78, 5) is 12.7. The van der Waals surface area contributed by atoms with Crippen LogP contribution in [0.3, 0.4) is 0 Å². The molecule has 0 atom stereocenters. The molecule has 0 spiro atoms. The van der Waals surface area contributed by atoms with Gasteiger partial charge in [0, 0.05) is 6.08 Å². The van der Waals surface area contributed by atoms with Gasteiger partial charge in [-0.15, -0.1) is 17.0 Å². The molecule has 0 aromatic carbocycles. The number of hydrogen-bond acceptors (Lipinski definition) is 3. The number of hydrogen-bond donors (Lipinski definition) is 0. The predicted octanol–water partition coefficient (Wildman–Crippen LogP) is 1.64. The maximum Gasteiger partial charge on any atom is 0.330 e. The van der Waals surface area contributed by atoms with Crippen LogP contribution in [0.15, 0.2) is 12.7 Å². The summed E-state index contributed by atoms with van der Waals surface area (Å²) in [6.07, 6.45) is 3.15. The van der Waals surface area contributed by atoms with Crippen LogP contribution < -0.4 is 0 Å². The largest absolute Gasteiger partial charge is 0.463 e. The summed E-state index contributed by atoms with van der Waals surface area (Å²) in [5, 5.41) is 0. The van der Waals surface area contributed by atoms with Gasteiger partial charge in [-0.3, -0.25) is 0 Å². The number of carbonyl (C=O) groups excluding carboxylic acids is 1. The number of esters is 1. The van der Waals surface area contributed by atoms with E-state index in [-0.39, 0.29) is 23.0 Å². The van der Waals surface area contributed by atoms with Crippen molar-refractivity contribution in [2.75, 3.05) is 27.2 Å². The lowest BCUT2D eigenvalue weighted by atomic mass is 10.3. The second-order valence-electron chi connectivity index (χ2n) is 2.88. The monoisotopic (exact) mass is 251 g/mol. The second-order valence-corrected chi connectivity index (χ2v) is 2.88. The van der Waals surface area contributed by atoms with Crippen LogP contribution in [-0.2, 0) is 9.53 Å². The van der Waals surface area contributed by atoms with Crippen LogP contribution in [0.1, 0.15) is 12.8 Å². The summed E-state index contributed by atoms with van der Waals surface area (Å²) in [5.41, 5.74) is 0. The standard InChI is InChI=1S/C9H17NO2.BrH/c1-4-9(11)12-8-6-5-7-10(2)3;/h4H,1,5-8H2,2-3H3;1H. The van der Waals surface area contributed by atoms with Gasteiger partial charge in [0.2, 0.25) is 0 Å². The lowest BCUT2D eigenvalue weighted by Crippen LogP contribution is -2.13. The van der Waals surface area contributed by atoms with E-state index in [1.807, 2.05) is 14.1 Å². The summed E-state index contributed by atoms with van der Waals surface area (Å²) in [7, 11) is 4.05. The first-order chi connectivity index (χ1) is 5.66. The molecule has 0 N–H and O–H groups in total. The summed E-state index contributed by atoms with van der Waals surface area (Å²) < 4.78 is 4.80. The van der Waals surface area contributed by atoms with Gasteiger partial charge in [-0.1, -0.05) is 6.58 Å². The molecule has 0 aliphatic carbocycles. The number of halogens is 1. The summed E-state index contributed by atoms with van der Waals surface area (Å²) in [6, 6.07) is 0. The lowest BCUT2D eigenvalue weighted by molar-refractivity contribution is -0.137. The van der Waals surface area contributed by atoms with Crippen LogP contribution in [0.25, 0.3) is 0 Å². The quantitative estimate of drug-likeness (QED) is 0.409. The number of unbranched alkanes of at least 4 members (excludes halogenated alkanes) is 1. The van der Waals surface area contributed by atoms with Crippen molar-refractivity contribution < 1.29 is 9.53 Å². The van der Waals surface area contributed by atoms with Crippen LogP contribution in [-0.4, -0.2) is 38.1 Å². The SMILES string of the molecule is Br.C=CC(=O)OCCCCN(C)C. The predicted molar refractivity (Wildman–Crippen MR) is 59.3 cm³/mol. The third kappa shape index (κ3) is 11.7. The summed E-state index contributed by atoms with van der Waals surface area (Å²) >= 11 is 0. The Kier molecular flexibility index (Phi) is 11.3. The highest BCUT2D eigenvalue weighted by Crippen LogP contribution is 1.92. The zero-order valence-electron chi connectivity index (χ0n) is 8.28. The van der Waals surface area contributed by atoms with Crippen molar-refractivity contribution in [1.29, 1.82) is 0 Å². The van der Waals surface area contributed by atoms with Crippen LogP contribution in [0.5, 0.6) is 0 Å². The Hall–Kier alpha value is -0.350. The second kappa shape index (κ2) is 9.74. The molecule has 0 aliphatic rings. The minimum atomic E-state index is -0.333. The van der Waals surface area contributed by atoms with E-state index < -0.39 is 0 Å². The third-order valence-electron chi connectivity index (χ3n) is 1.41. The average Bonchev–Trinajstić information content (AvgIpc) is 2.03. The number of carbonyl (C=O) groups is 1. The normalized spacial score (nSPS) is 9.15. The molecule has 78 valence electrons. The Morgan fingerprint density at radius 2 is 2.08 bits per heavy atom. The molecule has 0 amide bonds. The maximum atomic E-state index is 10.6. The van der Waals surface area contributed by atoms with Crippen molar-refractivity contribution >= 4 is 23.0 Å². The molecule has 0 aromatic rings. The molecule has 0 saturated carbocycles. The molecule has 0 aromatic heterocycles. The Labute approximate surface area is 90.5 Å². The topological polar surface area (TPSA) is 29.5 Å². The molecule has 0 radical (unpaired) electrons. The van der Waals surface area contributed by atoms with Crippen LogP contribution in [0.4, 0.5) is 0 Å². The van der Waals surface area contributed by atoms with E-state index in [0.717, 1.165) is 19.4 Å². The van der Waals surface area contributed by atoms with Gasteiger partial charge in [-0.2, -0.15) is 0 Å². The number of nitrogens with zero attached hydrogens (tertiary/aromatic N) is 1. The first-order valence-electron chi connectivity index (χ1n) is 4.10. The lowest BCUT2D eigenvalue weighted by Gasteiger charge is -2.08. The van der Waals surface area contributed by atoms with E-state index in [1.165, 1.54) is 6.08 Å². The molecule has 0 aliphatic heterocycles. The van der Waals surface area contributed by atoms with Gasteiger partial charge in [-0.25, -0.2) is 4.79 Å². The Balaban J connectivity index is 0. The molecule has 0 unspecified atom stereocenters. The fourth-order valence-electron chi connectivity index (χ4n) is 0.762. The molecule has 13 heavy (non-hydrogen) atoms. The number of rotatable bonds is 6. The maximum absolute atomic E-state index is 10.6. The molecule has 3 nitrogen and oxygen atoms in total. The van der Waals surface area contributed by atoms with E-state index in [0.29, 0.717) is 6.61 Å². The smallest absolute Gasteiger partial charge is 0.330 e. The highest BCUT2D eigenvalue weighted by molar-refractivity contribution is 8.93. The van der Waals surface area contributed by atoms with Crippen molar-refractivity contribution in [3.8, 4) is 0 Å². The first-order valence-corrected chi connectivity index (χ1v) is 4.10. The average molecular weight is 252 g/mol. The van der Waals surface area contributed by atoms with E-state index in [4.69, 9.17) is 4.74 Å². The van der Waals surface area contributed by atoms with Gasteiger partial charge in [0.05, 0.1) is 6.61 Å².